The molecule has 1 aliphatic heterocycles. The van der Waals surface area contributed by atoms with Gasteiger partial charge in [0.25, 0.3) is 5.91 Å². The summed E-state index contributed by atoms with van der Waals surface area (Å²) in [5.41, 5.74) is 9.00. The second kappa shape index (κ2) is 5.73. The summed E-state index contributed by atoms with van der Waals surface area (Å²) in [6.07, 6.45) is 2.51. The molecule has 2 heterocycles. The number of nitrogens with one attached hydrogen (secondary N) is 1. The van der Waals surface area contributed by atoms with Gasteiger partial charge < -0.3 is 16.0 Å². The smallest absolute Gasteiger partial charge is 0.275 e. The van der Waals surface area contributed by atoms with Gasteiger partial charge in [-0.2, -0.15) is 0 Å². The fourth-order valence-corrected chi connectivity index (χ4v) is 3.08. The van der Waals surface area contributed by atoms with E-state index in [4.69, 9.17) is 5.73 Å². The molecule has 6 heteroatoms. The van der Waals surface area contributed by atoms with Crippen LogP contribution in [0, 0.1) is 6.92 Å². The molecule has 21 heavy (non-hydrogen) atoms. The molecule has 3 rings (SSSR count). The Labute approximate surface area is 127 Å². The zero-order chi connectivity index (χ0) is 14.8. The lowest BCUT2D eigenvalue weighted by Crippen LogP contribution is -2.18. The Kier molecular flexibility index (Phi) is 3.79. The molecule has 1 aromatic carbocycles. The van der Waals surface area contributed by atoms with Crippen LogP contribution in [-0.2, 0) is 0 Å². The molecule has 0 radical (unpaired) electrons. The average molecular weight is 302 g/mol. The number of nitrogens with zero attached hydrogens (tertiary/aromatic N) is 2. The van der Waals surface area contributed by atoms with E-state index in [1.807, 2.05) is 13.0 Å². The summed E-state index contributed by atoms with van der Waals surface area (Å²) in [7, 11) is 0. The third-order valence-electron chi connectivity index (χ3n) is 3.68. The SMILES string of the molecule is Cc1cc(N2CCCC2)ccc1NC(=O)c1csc(N)n1. The molecule has 1 aliphatic rings. The highest BCUT2D eigenvalue weighted by molar-refractivity contribution is 7.13. The predicted octanol–water partition coefficient (Wildman–Crippen LogP) is 2.89. The molecule has 0 atom stereocenters. The Bertz CT molecular complexity index is 661. The summed E-state index contributed by atoms with van der Waals surface area (Å²) >= 11 is 1.27. The molecular weight excluding hydrogens is 284 g/mol. The summed E-state index contributed by atoms with van der Waals surface area (Å²) < 4.78 is 0. The highest BCUT2D eigenvalue weighted by atomic mass is 32.1. The van der Waals surface area contributed by atoms with Crippen LogP contribution < -0.4 is 16.0 Å². The number of carbonyl (C=O) groups excluding carboxylic acids is 1. The number of aromatic nitrogens is 1. The Morgan fingerprint density at radius 3 is 2.76 bits per heavy atom. The van der Waals surface area contributed by atoms with Crippen LogP contribution in [-0.4, -0.2) is 24.0 Å². The lowest BCUT2D eigenvalue weighted by atomic mass is 10.1. The number of carbonyl (C=O) groups is 1. The largest absolute Gasteiger partial charge is 0.375 e. The van der Waals surface area contributed by atoms with Gasteiger partial charge in [0.15, 0.2) is 5.13 Å². The number of anilines is 3. The monoisotopic (exact) mass is 302 g/mol. The number of hydrogen-bond acceptors (Lipinski definition) is 5. The third kappa shape index (κ3) is 3.00. The van der Waals surface area contributed by atoms with Gasteiger partial charge in [0.05, 0.1) is 0 Å². The van der Waals surface area contributed by atoms with Gasteiger partial charge >= 0.3 is 0 Å². The molecular formula is C15H18N4OS. The van der Waals surface area contributed by atoms with Crippen molar-refractivity contribution in [2.24, 2.45) is 0 Å². The quantitative estimate of drug-likeness (QED) is 0.914. The standard InChI is InChI=1S/C15H18N4OS/c1-10-8-11(19-6-2-3-7-19)4-5-12(10)17-14(20)13-9-21-15(16)18-13/h4-5,8-9H,2-3,6-7H2,1H3,(H2,16,18)(H,17,20). The van der Waals surface area contributed by atoms with Gasteiger partial charge in [-0.05, 0) is 43.5 Å². The number of nitrogens with two attached hydrogens (primary N) is 1. The zero-order valence-corrected chi connectivity index (χ0v) is 12.7. The maximum absolute atomic E-state index is 12.1. The molecule has 1 amide bonds. The third-order valence-corrected chi connectivity index (χ3v) is 4.36. The number of hydrogen-bond donors (Lipinski definition) is 2. The van der Waals surface area contributed by atoms with E-state index in [0.717, 1.165) is 24.3 Å². The number of nitrogen functional groups attached to an aromatic ring is 1. The first kappa shape index (κ1) is 13.9. The van der Waals surface area contributed by atoms with Crippen molar-refractivity contribution >= 4 is 33.8 Å². The number of thiazole rings is 1. The fourth-order valence-electron chi connectivity index (χ4n) is 2.54. The van der Waals surface area contributed by atoms with Gasteiger partial charge in [-0.25, -0.2) is 4.98 Å². The molecule has 0 aliphatic carbocycles. The van der Waals surface area contributed by atoms with Crippen molar-refractivity contribution in [2.75, 3.05) is 29.0 Å². The summed E-state index contributed by atoms with van der Waals surface area (Å²) in [5.74, 6) is -0.222. The van der Waals surface area contributed by atoms with Crippen LogP contribution in [0.3, 0.4) is 0 Å². The van der Waals surface area contributed by atoms with Crippen molar-refractivity contribution in [3.8, 4) is 0 Å². The van der Waals surface area contributed by atoms with Crippen LogP contribution in [0.4, 0.5) is 16.5 Å². The van der Waals surface area contributed by atoms with Crippen molar-refractivity contribution in [1.82, 2.24) is 4.98 Å². The fraction of sp³-hybridized carbons (Fsp3) is 0.333. The first-order valence-corrected chi connectivity index (χ1v) is 7.89. The molecule has 5 nitrogen and oxygen atoms in total. The van der Waals surface area contributed by atoms with Crippen molar-refractivity contribution in [2.45, 2.75) is 19.8 Å². The van der Waals surface area contributed by atoms with E-state index in [9.17, 15) is 4.79 Å². The van der Waals surface area contributed by atoms with E-state index < -0.39 is 0 Å². The Morgan fingerprint density at radius 2 is 2.14 bits per heavy atom. The lowest BCUT2D eigenvalue weighted by Gasteiger charge is -2.19. The minimum atomic E-state index is -0.222. The number of aryl methyl sites for hydroxylation is 1. The maximum atomic E-state index is 12.1. The molecule has 1 saturated heterocycles. The van der Waals surface area contributed by atoms with E-state index in [-0.39, 0.29) is 5.91 Å². The van der Waals surface area contributed by atoms with Crippen molar-refractivity contribution in [3.05, 3.63) is 34.8 Å². The maximum Gasteiger partial charge on any atom is 0.275 e. The molecule has 3 N–H and O–H groups in total. The van der Waals surface area contributed by atoms with Gasteiger partial charge in [-0.3, -0.25) is 4.79 Å². The van der Waals surface area contributed by atoms with Gasteiger partial charge in [0, 0.05) is 29.8 Å². The van der Waals surface area contributed by atoms with Gasteiger partial charge in [0.1, 0.15) is 5.69 Å². The lowest BCUT2D eigenvalue weighted by molar-refractivity contribution is 0.102. The molecule has 0 bridgehead atoms. The average Bonchev–Trinajstić information content (AvgIpc) is 3.12. The van der Waals surface area contributed by atoms with Crippen LogP contribution in [0.1, 0.15) is 28.9 Å². The van der Waals surface area contributed by atoms with Gasteiger partial charge in [0.2, 0.25) is 0 Å². The van der Waals surface area contributed by atoms with E-state index in [2.05, 4.69) is 27.3 Å². The Balaban J connectivity index is 1.75. The Hall–Kier alpha value is -2.08. The molecule has 110 valence electrons. The van der Waals surface area contributed by atoms with Crippen LogP contribution in [0.25, 0.3) is 0 Å². The first-order chi connectivity index (χ1) is 10.1. The predicted molar refractivity (Wildman–Crippen MR) is 87.1 cm³/mol. The van der Waals surface area contributed by atoms with Crippen molar-refractivity contribution in [3.63, 3.8) is 0 Å². The normalized spacial score (nSPS) is 14.4. The molecule has 0 spiro atoms. The number of rotatable bonds is 3. The molecule has 0 saturated carbocycles. The summed E-state index contributed by atoms with van der Waals surface area (Å²) in [5, 5.41) is 4.96. The summed E-state index contributed by atoms with van der Waals surface area (Å²) in [4.78, 5) is 18.5. The van der Waals surface area contributed by atoms with E-state index in [1.165, 1.54) is 29.9 Å². The Morgan fingerprint density at radius 1 is 1.38 bits per heavy atom. The highest BCUT2D eigenvalue weighted by Gasteiger charge is 2.15. The molecule has 1 fully saturated rings. The second-order valence-corrected chi connectivity index (χ2v) is 6.11. The molecule has 0 unspecified atom stereocenters. The summed E-state index contributed by atoms with van der Waals surface area (Å²) in [6, 6.07) is 6.14. The highest BCUT2D eigenvalue weighted by Crippen LogP contribution is 2.26. The van der Waals surface area contributed by atoms with Gasteiger partial charge in [-0.1, -0.05) is 0 Å². The first-order valence-electron chi connectivity index (χ1n) is 7.01. The van der Waals surface area contributed by atoms with Gasteiger partial charge in [-0.15, -0.1) is 11.3 Å². The van der Waals surface area contributed by atoms with Crippen LogP contribution >= 0.6 is 11.3 Å². The molecule has 2 aromatic rings. The van der Waals surface area contributed by atoms with Crippen LogP contribution in [0.5, 0.6) is 0 Å². The zero-order valence-electron chi connectivity index (χ0n) is 11.9. The number of amides is 1. The van der Waals surface area contributed by atoms with Crippen LogP contribution in [0.15, 0.2) is 23.6 Å². The van der Waals surface area contributed by atoms with E-state index in [1.54, 1.807) is 5.38 Å². The minimum Gasteiger partial charge on any atom is -0.375 e. The van der Waals surface area contributed by atoms with Crippen LogP contribution in [0.2, 0.25) is 0 Å². The second-order valence-electron chi connectivity index (χ2n) is 5.22. The molecule has 1 aromatic heterocycles. The summed E-state index contributed by atoms with van der Waals surface area (Å²) in [6.45, 7) is 4.23. The van der Waals surface area contributed by atoms with Crippen molar-refractivity contribution in [1.29, 1.82) is 0 Å². The topological polar surface area (TPSA) is 71.2 Å². The van der Waals surface area contributed by atoms with E-state index >= 15 is 0 Å². The van der Waals surface area contributed by atoms with Crippen molar-refractivity contribution < 1.29 is 4.79 Å². The van der Waals surface area contributed by atoms with E-state index in [0.29, 0.717) is 10.8 Å². The minimum absolute atomic E-state index is 0.222. The number of benzene rings is 1.